The van der Waals surface area contributed by atoms with Crippen LogP contribution in [0.25, 0.3) is 10.6 Å². The van der Waals surface area contributed by atoms with Gasteiger partial charge in [-0.2, -0.15) is 5.10 Å². The number of nitrogens with zero attached hydrogens (tertiary/aromatic N) is 3. The minimum atomic E-state index is -0.407. The first-order valence-electron chi connectivity index (χ1n) is 8.74. The lowest BCUT2D eigenvalue weighted by molar-refractivity contribution is -0.122. The Morgan fingerprint density at radius 3 is 2.92 bits per heavy atom. The first-order chi connectivity index (χ1) is 12.7. The van der Waals surface area contributed by atoms with E-state index in [0.717, 1.165) is 37.4 Å². The first-order valence-corrected chi connectivity index (χ1v) is 9.62. The van der Waals surface area contributed by atoms with Gasteiger partial charge in [-0.25, -0.2) is 4.79 Å². The molecule has 26 heavy (non-hydrogen) atoms. The van der Waals surface area contributed by atoms with Gasteiger partial charge in [0.2, 0.25) is 5.91 Å². The molecule has 0 aliphatic carbocycles. The number of piperidine rings is 1. The van der Waals surface area contributed by atoms with Crippen LogP contribution in [-0.4, -0.2) is 65.9 Å². The van der Waals surface area contributed by atoms with Crippen molar-refractivity contribution in [2.24, 2.45) is 0 Å². The normalized spacial score (nSPS) is 18.2. The van der Waals surface area contributed by atoms with E-state index in [4.69, 9.17) is 4.74 Å². The second-order valence-electron chi connectivity index (χ2n) is 6.48. The van der Waals surface area contributed by atoms with E-state index in [2.05, 4.69) is 32.5 Å². The van der Waals surface area contributed by atoms with Crippen LogP contribution >= 0.6 is 11.3 Å². The van der Waals surface area contributed by atoms with Crippen molar-refractivity contribution in [2.75, 3.05) is 37.7 Å². The van der Waals surface area contributed by atoms with Gasteiger partial charge in [-0.05, 0) is 24.3 Å². The molecule has 2 aromatic rings. The van der Waals surface area contributed by atoms with Crippen molar-refractivity contribution in [1.29, 1.82) is 0 Å². The number of carbonyl (C=O) groups is 2. The van der Waals surface area contributed by atoms with Crippen molar-refractivity contribution < 1.29 is 14.3 Å². The van der Waals surface area contributed by atoms with E-state index in [-0.39, 0.29) is 18.5 Å². The lowest BCUT2D eigenvalue weighted by Crippen LogP contribution is -2.47. The minimum absolute atomic E-state index is 0.0720. The molecule has 0 bridgehead atoms. The van der Waals surface area contributed by atoms with Crippen LogP contribution in [0.3, 0.4) is 0 Å². The van der Waals surface area contributed by atoms with Crippen LogP contribution in [-0.2, 0) is 9.53 Å². The summed E-state index contributed by atoms with van der Waals surface area (Å²) in [6.07, 6.45) is 1.31. The Hall–Kier alpha value is -2.55. The van der Waals surface area contributed by atoms with Gasteiger partial charge in [0.25, 0.3) is 0 Å². The summed E-state index contributed by atoms with van der Waals surface area (Å²) in [4.78, 5) is 28.3. The number of thiophene rings is 1. The molecular weight excluding hydrogens is 354 g/mol. The molecule has 138 valence electrons. The fourth-order valence-corrected chi connectivity index (χ4v) is 3.99. The largest absolute Gasteiger partial charge is 0.448 e. The van der Waals surface area contributed by atoms with E-state index >= 15 is 0 Å². The van der Waals surface area contributed by atoms with E-state index in [0.29, 0.717) is 13.2 Å². The van der Waals surface area contributed by atoms with Crippen molar-refractivity contribution in [3.05, 3.63) is 23.6 Å². The number of H-pyrrole nitrogens is 1. The zero-order chi connectivity index (χ0) is 17.9. The van der Waals surface area contributed by atoms with Crippen LogP contribution in [0, 0.1) is 0 Å². The van der Waals surface area contributed by atoms with Gasteiger partial charge in [0, 0.05) is 25.2 Å². The fourth-order valence-electron chi connectivity index (χ4n) is 3.30. The number of cyclic esters (lactones) is 1. The highest BCUT2D eigenvalue weighted by Crippen LogP contribution is 2.27. The Bertz CT molecular complexity index is 767. The average molecular weight is 375 g/mol. The predicted molar refractivity (Wildman–Crippen MR) is 98.2 cm³/mol. The summed E-state index contributed by atoms with van der Waals surface area (Å²) >= 11 is 1.68. The van der Waals surface area contributed by atoms with Crippen LogP contribution in [0.15, 0.2) is 23.6 Å². The Morgan fingerprint density at radius 1 is 1.38 bits per heavy atom. The van der Waals surface area contributed by atoms with Gasteiger partial charge >= 0.3 is 6.09 Å². The lowest BCUT2D eigenvalue weighted by atomic mass is 10.0. The van der Waals surface area contributed by atoms with Gasteiger partial charge in [0.1, 0.15) is 13.2 Å². The van der Waals surface area contributed by atoms with Gasteiger partial charge in [-0.15, -0.1) is 11.3 Å². The van der Waals surface area contributed by atoms with Crippen molar-refractivity contribution in [3.8, 4) is 10.6 Å². The number of rotatable bonds is 5. The predicted octanol–water partition coefficient (Wildman–Crippen LogP) is 1.68. The topological polar surface area (TPSA) is 90.6 Å². The summed E-state index contributed by atoms with van der Waals surface area (Å²) in [7, 11) is 0. The van der Waals surface area contributed by atoms with Crippen LogP contribution in [0.2, 0.25) is 0 Å². The molecule has 0 atom stereocenters. The van der Waals surface area contributed by atoms with E-state index < -0.39 is 6.09 Å². The highest BCUT2D eigenvalue weighted by Gasteiger charge is 2.26. The summed E-state index contributed by atoms with van der Waals surface area (Å²) in [5.41, 5.74) is 1.03. The summed E-state index contributed by atoms with van der Waals surface area (Å²) in [6.45, 7) is 2.59. The molecule has 0 aromatic carbocycles. The molecule has 2 N–H and O–H groups in total. The second kappa shape index (κ2) is 7.36. The number of amides is 2. The molecule has 2 aliphatic rings. The Balaban J connectivity index is 1.26. The second-order valence-corrected chi connectivity index (χ2v) is 7.43. The summed E-state index contributed by atoms with van der Waals surface area (Å²) in [6, 6.07) is 6.30. The molecular formula is C17H21N5O3S. The molecule has 8 nitrogen and oxygen atoms in total. The third-order valence-electron chi connectivity index (χ3n) is 4.71. The number of nitrogens with one attached hydrogen (secondary N) is 2. The highest BCUT2D eigenvalue weighted by molar-refractivity contribution is 7.13. The number of hydrogen-bond donors (Lipinski definition) is 2. The molecule has 2 amide bonds. The quantitative estimate of drug-likeness (QED) is 0.830. The molecule has 0 saturated carbocycles. The van der Waals surface area contributed by atoms with Crippen LogP contribution in [0.1, 0.15) is 12.8 Å². The standard InChI is InChI=1S/C17H21N5O3S/c23-16(11-22-7-8-25-17(22)24)18-12-3-5-21(6-4-12)15-10-13(19-20-15)14-2-1-9-26-14/h1-2,9-10,12H,3-8,11H2,(H,18,23)(H,19,20). The number of anilines is 1. The molecule has 0 spiro atoms. The van der Waals surface area contributed by atoms with Crippen LogP contribution in [0.4, 0.5) is 10.6 Å². The third kappa shape index (κ3) is 3.67. The maximum absolute atomic E-state index is 12.1. The maximum atomic E-state index is 12.1. The van der Waals surface area contributed by atoms with E-state index in [1.807, 2.05) is 11.4 Å². The van der Waals surface area contributed by atoms with E-state index in [9.17, 15) is 9.59 Å². The van der Waals surface area contributed by atoms with Gasteiger partial charge in [-0.3, -0.25) is 14.8 Å². The number of carbonyl (C=O) groups excluding carboxylic acids is 2. The summed E-state index contributed by atoms with van der Waals surface area (Å²) < 4.78 is 4.84. The molecule has 2 aliphatic heterocycles. The number of aromatic nitrogens is 2. The van der Waals surface area contributed by atoms with Crippen molar-refractivity contribution in [2.45, 2.75) is 18.9 Å². The molecule has 9 heteroatoms. The van der Waals surface area contributed by atoms with Gasteiger partial charge in [-0.1, -0.05) is 6.07 Å². The van der Waals surface area contributed by atoms with E-state index in [1.165, 1.54) is 9.78 Å². The van der Waals surface area contributed by atoms with Crippen molar-refractivity contribution in [3.63, 3.8) is 0 Å². The molecule has 2 saturated heterocycles. The Kier molecular flexibility index (Phi) is 4.79. The zero-order valence-corrected chi connectivity index (χ0v) is 15.1. The summed E-state index contributed by atoms with van der Waals surface area (Å²) in [5.74, 6) is 0.819. The Labute approximate surface area is 155 Å². The fraction of sp³-hybridized carbons (Fsp3) is 0.471. The number of ether oxygens (including phenoxy) is 1. The zero-order valence-electron chi connectivity index (χ0n) is 14.3. The smallest absolute Gasteiger partial charge is 0.410 e. The number of hydrogen-bond acceptors (Lipinski definition) is 6. The van der Waals surface area contributed by atoms with E-state index in [1.54, 1.807) is 11.3 Å². The molecule has 4 heterocycles. The molecule has 2 fully saturated rings. The van der Waals surface area contributed by atoms with Crippen molar-refractivity contribution >= 4 is 29.2 Å². The highest BCUT2D eigenvalue weighted by atomic mass is 32.1. The minimum Gasteiger partial charge on any atom is -0.448 e. The Morgan fingerprint density at radius 2 is 2.23 bits per heavy atom. The molecule has 0 unspecified atom stereocenters. The van der Waals surface area contributed by atoms with Crippen molar-refractivity contribution in [1.82, 2.24) is 20.4 Å². The maximum Gasteiger partial charge on any atom is 0.410 e. The number of aromatic amines is 1. The monoisotopic (exact) mass is 375 g/mol. The lowest BCUT2D eigenvalue weighted by Gasteiger charge is -2.32. The van der Waals surface area contributed by atoms with Gasteiger partial charge < -0.3 is 15.0 Å². The molecule has 2 aromatic heterocycles. The SMILES string of the molecule is O=C(CN1CCOC1=O)NC1CCN(c2cc(-c3cccs3)[nH]n2)CC1. The van der Waals surface area contributed by atoms with Crippen LogP contribution < -0.4 is 10.2 Å². The molecule has 4 rings (SSSR count). The first kappa shape index (κ1) is 16.9. The molecule has 0 radical (unpaired) electrons. The third-order valence-corrected chi connectivity index (χ3v) is 5.62. The van der Waals surface area contributed by atoms with Gasteiger partial charge in [0.05, 0.1) is 17.1 Å². The average Bonchev–Trinajstić information content (AvgIpc) is 3.37. The van der Waals surface area contributed by atoms with Gasteiger partial charge in [0.15, 0.2) is 5.82 Å². The van der Waals surface area contributed by atoms with Crippen LogP contribution in [0.5, 0.6) is 0 Å². The summed E-state index contributed by atoms with van der Waals surface area (Å²) in [5, 5.41) is 12.6.